The van der Waals surface area contributed by atoms with Crippen LogP contribution in [0.2, 0.25) is 0 Å². The average Bonchev–Trinajstić information content (AvgIpc) is 2.53. The first-order valence-electron chi connectivity index (χ1n) is 3.43. The molecule has 0 radical (unpaired) electrons. The zero-order valence-electron chi connectivity index (χ0n) is 6.89. The van der Waals surface area contributed by atoms with Gasteiger partial charge in [-0.2, -0.15) is 0 Å². The first kappa shape index (κ1) is 9.69. The molecule has 13 heavy (non-hydrogen) atoms. The average molecular weight is 200 g/mol. The molecule has 0 aliphatic carbocycles. The number of nitro groups is 1. The Morgan fingerprint density at radius 2 is 2.46 bits per heavy atom. The van der Waals surface area contributed by atoms with Gasteiger partial charge in [0.1, 0.15) is 0 Å². The summed E-state index contributed by atoms with van der Waals surface area (Å²) in [6.07, 6.45) is 3.26. The van der Waals surface area contributed by atoms with Crippen molar-refractivity contribution in [3.05, 3.63) is 33.3 Å². The highest BCUT2D eigenvalue weighted by Gasteiger charge is 2.07. The molecular formula is C7H8N2O3S. The lowest BCUT2D eigenvalue weighted by molar-refractivity contribution is -0.380. The molecule has 1 aromatic heterocycles. The molecule has 0 unspecified atom stereocenters. The van der Waals surface area contributed by atoms with Gasteiger partial charge in [-0.3, -0.25) is 20.4 Å². The molecule has 0 atom stereocenters. The van der Waals surface area contributed by atoms with E-state index in [0.717, 1.165) is 16.2 Å². The molecule has 1 rings (SSSR count). The summed E-state index contributed by atoms with van der Waals surface area (Å²) in [4.78, 5) is 15.2. The van der Waals surface area contributed by atoms with Gasteiger partial charge < -0.3 is 0 Å². The van der Waals surface area contributed by atoms with E-state index in [2.05, 4.69) is 10.3 Å². The SMILES string of the molecule is CONC=Cc1ccc([N+](=O)[O-])s1. The fourth-order valence-electron chi connectivity index (χ4n) is 0.714. The molecule has 0 aliphatic heterocycles. The second-order valence-electron chi connectivity index (χ2n) is 2.09. The van der Waals surface area contributed by atoms with Crippen LogP contribution in [-0.2, 0) is 4.84 Å². The van der Waals surface area contributed by atoms with Gasteiger partial charge in [-0.25, -0.2) is 0 Å². The first-order valence-corrected chi connectivity index (χ1v) is 4.25. The van der Waals surface area contributed by atoms with E-state index < -0.39 is 4.92 Å². The fraction of sp³-hybridized carbons (Fsp3) is 0.143. The Morgan fingerprint density at radius 1 is 1.69 bits per heavy atom. The highest BCUT2D eigenvalue weighted by atomic mass is 32.1. The number of nitrogens with zero attached hydrogens (tertiary/aromatic N) is 1. The van der Waals surface area contributed by atoms with Gasteiger partial charge >= 0.3 is 5.00 Å². The molecule has 0 aromatic carbocycles. The third kappa shape index (κ3) is 2.85. The van der Waals surface area contributed by atoms with E-state index in [1.54, 1.807) is 18.3 Å². The number of thiophene rings is 1. The molecule has 0 amide bonds. The van der Waals surface area contributed by atoms with Gasteiger partial charge in [0, 0.05) is 17.1 Å². The molecular weight excluding hydrogens is 192 g/mol. The van der Waals surface area contributed by atoms with Crippen molar-refractivity contribution in [2.24, 2.45) is 0 Å². The molecule has 5 nitrogen and oxygen atoms in total. The summed E-state index contributed by atoms with van der Waals surface area (Å²) in [5.41, 5.74) is 2.49. The van der Waals surface area contributed by atoms with Crippen molar-refractivity contribution in [3.63, 3.8) is 0 Å². The molecule has 1 N–H and O–H groups in total. The van der Waals surface area contributed by atoms with E-state index in [4.69, 9.17) is 0 Å². The molecule has 0 saturated heterocycles. The van der Waals surface area contributed by atoms with Crippen LogP contribution in [0.3, 0.4) is 0 Å². The lowest BCUT2D eigenvalue weighted by atomic mass is 10.4. The number of rotatable bonds is 4. The second-order valence-corrected chi connectivity index (χ2v) is 3.18. The first-order chi connectivity index (χ1) is 6.24. The van der Waals surface area contributed by atoms with Gasteiger partial charge in [0.2, 0.25) is 0 Å². The maximum atomic E-state index is 10.3. The molecule has 70 valence electrons. The Hall–Kier alpha value is -1.40. The van der Waals surface area contributed by atoms with Crippen LogP contribution in [0.4, 0.5) is 5.00 Å². The Morgan fingerprint density at radius 3 is 3.00 bits per heavy atom. The smallest absolute Gasteiger partial charge is 0.280 e. The van der Waals surface area contributed by atoms with Crippen molar-refractivity contribution in [3.8, 4) is 0 Å². The largest absolute Gasteiger partial charge is 0.324 e. The number of hydrogen-bond donors (Lipinski definition) is 1. The number of nitrogens with one attached hydrogen (secondary N) is 1. The minimum Gasteiger partial charge on any atom is -0.280 e. The Bertz CT molecular complexity index is 321. The van der Waals surface area contributed by atoms with Gasteiger partial charge in [-0.05, 0) is 12.1 Å². The molecule has 0 saturated carbocycles. The van der Waals surface area contributed by atoms with Crippen molar-refractivity contribution >= 4 is 22.4 Å². The quantitative estimate of drug-likeness (QED) is 0.594. The number of hydrogen-bond acceptors (Lipinski definition) is 5. The minimum atomic E-state index is -0.411. The molecule has 0 fully saturated rings. The summed E-state index contributed by atoms with van der Waals surface area (Å²) < 4.78 is 0. The highest BCUT2D eigenvalue weighted by molar-refractivity contribution is 7.16. The summed E-state index contributed by atoms with van der Waals surface area (Å²) in [7, 11) is 1.49. The highest BCUT2D eigenvalue weighted by Crippen LogP contribution is 2.24. The predicted molar refractivity (Wildman–Crippen MR) is 50.2 cm³/mol. The maximum absolute atomic E-state index is 10.3. The molecule has 6 heteroatoms. The molecule has 0 bridgehead atoms. The van der Waals surface area contributed by atoms with E-state index in [1.165, 1.54) is 13.2 Å². The van der Waals surface area contributed by atoms with Gasteiger partial charge in [0.25, 0.3) is 0 Å². The lowest BCUT2D eigenvalue weighted by Gasteiger charge is -1.90. The van der Waals surface area contributed by atoms with E-state index in [9.17, 15) is 10.1 Å². The van der Waals surface area contributed by atoms with Gasteiger partial charge in [-0.15, -0.1) is 0 Å². The van der Waals surface area contributed by atoms with Crippen LogP contribution in [0.15, 0.2) is 18.3 Å². The van der Waals surface area contributed by atoms with Crippen molar-refractivity contribution < 1.29 is 9.76 Å². The molecule has 1 aromatic rings. The van der Waals surface area contributed by atoms with Crippen LogP contribution < -0.4 is 5.48 Å². The van der Waals surface area contributed by atoms with Crippen molar-refractivity contribution in [2.45, 2.75) is 0 Å². The van der Waals surface area contributed by atoms with E-state index in [0.29, 0.717) is 0 Å². The summed E-state index contributed by atoms with van der Waals surface area (Å²) in [5, 5.41) is 10.4. The Labute approximate surface area is 78.7 Å². The molecule has 0 spiro atoms. The van der Waals surface area contributed by atoms with Gasteiger partial charge in [0.15, 0.2) is 0 Å². The fourth-order valence-corrected chi connectivity index (χ4v) is 1.44. The predicted octanol–water partition coefficient (Wildman–Crippen LogP) is 1.78. The Kier molecular flexibility index (Phi) is 3.41. The zero-order chi connectivity index (χ0) is 9.68. The third-order valence-electron chi connectivity index (χ3n) is 1.23. The summed E-state index contributed by atoms with van der Waals surface area (Å²) >= 11 is 1.11. The number of hydroxylamine groups is 1. The van der Waals surface area contributed by atoms with E-state index in [1.807, 2.05) is 0 Å². The van der Waals surface area contributed by atoms with Crippen molar-refractivity contribution in [2.75, 3.05) is 7.11 Å². The summed E-state index contributed by atoms with van der Waals surface area (Å²) in [6, 6.07) is 3.15. The van der Waals surface area contributed by atoms with E-state index in [-0.39, 0.29) is 5.00 Å². The summed E-state index contributed by atoms with van der Waals surface area (Å²) in [6.45, 7) is 0. The van der Waals surface area contributed by atoms with Crippen LogP contribution in [0.25, 0.3) is 6.08 Å². The third-order valence-corrected chi connectivity index (χ3v) is 2.23. The lowest BCUT2D eigenvalue weighted by Crippen LogP contribution is -1.99. The minimum absolute atomic E-state index is 0.136. The van der Waals surface area contributed by atoms with E-state index >= 15 is 0 Å². The van der Waals surface area contributed by atoms with Crippen LogP contribution in [0.1, 0.15) is 4.88 Å². The zero-order valence-corrected chi connectivity index (χ0v) is 7.71. The van der Waals surface area contributed by atoms with Gasteiger partial charge in [-0.1, -0.05) is 11.3 Å². The topological polar surface area (TPSA) is 64.4 Å². The maximum Gasteiger partial charge on any atom is 0.324 e. The van der Waals surface area contributed by atoms with Crippen LogP contribution in [-0.4, -0.2) is 12.0 Å². The monoisotopic (exact) mass is 200 g/mol. The Balaban J connectivity index is 2.64. The van der Waals surface area contributed by atoms with Crippen LogP contribution in [0.5, 0.6) is 0 Å². The molecule has 0 aliphatic rings. The van der Waals surface area contributed by atoms with Gasteiger partial charge in [0.05, 0.1) is 12.0 Å². The molecule has 1 heterocycles. The van der Waals surface area contributed by atoms with Crippen LogP contribution >= 0.6 is 11.3 Å². The standard InChI is InChI=1S/C7H8N2O3S/c1-12-8-5-4-6-2-3-7(13-6)9(10)11/h2-5,8H,1H3. The summed E-state index contributed by atoms with van der Waals surface area (Å²) in [5.74, 6) is 0. The van der Waals surface area contributed by atoms with Crippen LogP contribution in [0, 0.1) is 10.1 Å². The van der Waals surface area contributed by atoms with Crippen molar-refractivity contribution in [1.82, 2.24) is 5.48 Å². The van der Waals surface area contributed by atoms with Crippen molar-refractivity contribution in [1.29, 1.82) is 0 Å². The normalized spacial score (nSPS) is 10.5. The second kappa shape index (κ2) is 4.58.